The average Bonchev–Trinajstić information content (AvgIpc) is 2.20. The van der Waals surface area contributed by atoms with Gasteiger partial charge < -0.3 is 10.4 Å². The number of aliphatic carboxylic acids is 1. The third kappa shape index (κ3) is 5.07. The lowest BCUT2D eigenvalue weighted by Crippen LogP contribution is -2.25. The van der Waals surface area contributed by atoms with Crippen molar-refractivity contribution in [1.29, 1.82) is 0 Å². The summed E-state index contributed by atoms with van der Waals surface area (Å²) in [5.74, 6) is -1.86. The molecule has 2 N–H and O–H groups in total. The molecule has 0 spiro atoms. The highest BCUT2D eigenvalue weighted by Gasteiger charge is 2.25. The number of benzene rings is 1. The van der Waals surface area contributed by atoms with Gasteiger partial charge in [0.2, 0.25) is 5.91 Å². The molecule has 0 aliphatic carbocycles. The first-order chi connectivity index (χ1) is 8.69. The Kier molecular flexibility index (Phi) is 4.64. The Labute approximate surface area is 111 Å². The maximum atomic E-state index is 13.5. The Morgan fingerprint density at radius 2 is 1.95 bits per heavy atom. The van der Waals surface area contributed by atoms with Gasteiger partial charge in [-0.05, 0) is 30.0 Å². The summed E-state index contributed by atoms with van der Waals surface area (Å²) in [6.07, 6.45) is -0.0938. The molecule has 0 unspecified atom stereocenters. The van der Waals surface area contributed by atoms with Gasteiger partial charge in [0.05, 0.1) is 12.1 Å². The second-order valence-corrected chi connectivity index (χ2v) is 5.44. The van der Waals surface area contributed by atoms with Crippen molar-refractivity contribution in [3.8, 4) is 0 Å². The van der Waals surface area contributed by atoms with Crippen molar-refractivity contribution in [2.75, 3.05) is 5.32 Å². The molecule has 1 aromatic rings. The molecule has 104 valence electrons. The number of halogens is 1. The van der Waals surface area contributed by atoms with Crippen LogP contribution in [0.3, 0.4) is 0 Å². The molecule has 0 bridgehead atoms. The second-order valence-electron chi connectivity index (χ2n) is 5.44. The van der Waals surface area contributed by atoms with E-state index in [4.69, 9.17) is 5.11 Å². The Bertz CT molecular complexity index is 497. The third-order valence-corrected chi connectivity index (χ3v) is 2.66. The van der Waals surface area contributed by atoms with Crippen molar-refractivity contribution >= 4 is 17.6 Å². The zero-order valence-corrected chi connectivity index (χ0v) is 11.3. The van der Waals surface area contributed by atoms with Gasteiger partial charge in [0.15, 0.2) is 0 Å². The molecule has 0 atom stereocenters. The fraction of sp³-hybridized carbons (Fsp3) is 0.429. The molecule has 1 aromatic carbocycles. The van der Waals surface area contributed by atoms with Gasteiger partial charge >= 0.3 is 5.97 Å². The van der Waals surface area contributed by atoms with E-state index in [1.165, 1.54) is 12.1 Å². The number of hydrogen-bond donors (Lipinski definition) is 2. The van der Waals surface area contributed by atoms with Crippen molar-refractivity contribution in [2.24, 2.45) is 5.41 Å². The maximum absolute atomic E-state index is 13.5. The summed E-state index contributed by atoms with van der Waals surface area (Å²) in [5.41, 5.74) is 0.286. The molecule has 0 aliphatic rings. The Balaban J connectivity index is 2.70. The van der Waals surface area contributed by atoms with Crippen LogP contribution in [-0.2, 0) is 9.59 Å². The van der Waals surface area contributed by atoms with Gasteiger partial charge in [-0.3, -0.25) is 9.59 Å². The van der Waals surface area contributed by atoms with Gasteiger partial charge in [0.25, 0.3) is 0 Å². The molecule has 0 fully saturated rings. The van der Waals surface area contributed by atoms with Crippen molar-refractivity contribution < 1.29 is 19.1 Å². The van der Waals surface area contributed by atoms with Gasteiger partial charge in [-0.25, -0.2) is 4.39 Å². The van der Waals surface area contributed by atoms with E-state index < -0.39 is 23.1 Å². The molecule has 0 heterocycles. The molecular formula is C14H18FNO3. The molecular weight excluding hydrogens is 249 g/mol. The van der Waals surface area contributed by atoms with E-state index in [1.807, 2.05) is 0 Å². The Morgan fingerprint density at radius 3 is 2.53 bits per heavy atom. The van der Waals surface area contributed by atoms with E-state index in [1.54, 1.807) is 26.8 Å². The molecule has 0 aromatic heterocycles. The predicted molar refractivity (Wildman–Crippen MR) is 70.4 cm³/mol. The van der Waals surface area contributed by atoms with Crippen LogP contribution in [0.1, 0.15) is 32.3 Å². The number of anilines is 1. The van der Waals surface area contributed by atoms with Gasteiger partial charge in [-0.1, -0.05) is 19.9 Å². The smallest absolute Gasteiger partial charge is 0.303 e. The number of rotatable bonds is 5. The van der Waals surface area contributed by atoms with Crippen LogP contribution in [0, 0.1) is 18.2 Å². The van der Waals surface area contributed by atoms with Crippen molar-refractivity contribution in [1.82, 2.24) is 0 Å². The number of amides is 1. The van der Waals surface area contributed by atoms with E-state index in [2.05, 4.69) is 5.32 Å². The topological polar surface area (TPSA) is 66.4 Å². The molecule has 4 nitrogen and oxygen atoms in total. The number of nitrogens with one attached hydrogen (secondary N) is 1. The molecule has 19 heavy (non-hydrogen) atoms. The first-order valence-electron chi connectivity index (χ1n) is 5.97. The van der Waals surface area contributed by atoms with E-state index in [-0.39, 0.29) is 18.5 Å². The van der Waals surface area contributed by atoms with Crippen LogP contribution in [0.5, 0.6) is 0 Å². The number of carbonyl (C=O) groups is 2. The number of carbonyl (C=O) groups excluding carboxylic acids is 1. The number of aryl methyl sites for hydroxylation is 1. The summed E-state index contributed by atoms with van der Waals surface area (Å²) >= 11 is 0. The first-order valence-corrected chi connectivity index (χ1v) is 5.97. The van der Waals surface area contributed by atoms with Crippen LogP contribution in [0.25, 0.3) is 0 Å². The standard InChI is InChI=1S/C14H18FNO3/c1-9-4-5-10(15)11(6-9)16-12(17)7-14(2,3)8-13(18)19/h4-6H,7-8H2,1-3H3,(H,16,17)(H,18,19). The van der Waals surface area contributed by atoms with Gasteiger partial charge in [0, 0.05) is 6.42 Å². The minimum Gasteiger partial charge on any atom is -0.481 e. The fourth-order valence-electron chi connectivity index (χ4n) is 1.84. The van der Waals surface area contributed by atoms with E-state index in [0.717, 1.165) is 5.56 Å². The Morgan fingerprint density at radius 1 is 1.32 bits per heavy atom. The van der Waals surface area contributed by atoms with Crippen molar-refractivity contribution in [2.45, 2.75) is 33.6 Å². The van der Waals surface area contributed by atoms with E-state index in [0.29, 0.717) is 0 Å². The summed E-state index contributed by atoms with van der Waals surface area (Å²) in [7, 11) is 0. The summed E-state index contributed by atoms with van der Waals surface area (Å²) in [5, 5.41) is 11.2. The van der Waals surface area contributed by atoms with Crippen LogP contribution in [0.2, 0.25) is 0 Å². The lowest BCUT2D eigenvalue weighted by Gasteiger charge is -2.21. The van der Waals surface area contributed by atoms with Crippen LogP contribution >= 0.6 is 0 Å². The molecule has 1 amide bonds. The third-order valence-electron chi connectivity index (χ3n) is 2.66. The summed E-state index contributed by atoms with van der Waals surface area (Å²) < 4.78 is 13.5. The summed E-state index contributed by atoms with van der Waals surface area (Å²) in [4.78, 5) is 22.5. The maximum Gasteiger partial charge on any atom is 0.303 e. The number of hydrogen-bond acceptors (Lipinski definition) is 2. The fourth-order valence-corrected chi connectivity index (χ4v) is 1.84. The number of carboxylic acid groups (broad SMARTS) is 1. The zero-order chi connectivity index (χ0) is 14.6. The molecule has 0 saturated heterocycles. The van der Waals surface area contributed by atoms with E-state index in [9.17, 15) is 14.0 Å². The van der Waals surface area contributed by atoms with Crippen LogP contribution in [0.15, 0.2) is 18.2 Å². The van der Waals surface area contributed by atoms with Gasteiger partial charge in [-0.15, -0.1) is 0 Å². The predicted octanol–water partition coefficient (Wildman–Crippen LogP) is 2.96. The first kappa shape index (κ1) is 15.1. The van der Waals surface area contributed by atoms with Crippen molar-refractivity contribution in [3.05, 3.63) is 29.6 Å². The minimum atomic E-state index is -0.959. The average molecular weight is 267 g/mol. The van der Waals surface area contributed by atoms with Crippen LogP contribution in [-0.4, -0.2) is 17.0 Å². The lowest BCUT2D eigenvalue weighted by atomic mass is 9.85. The monoisotopic (exact) mass is 267 g/mol. The minimum absolute atomic E-state index is 0.0205. The number of carboxylic acids is 1. The molecule has 0 saturated carbocycles. The molecule has 0 aliphatic heterocycles. The van der Waals surface area contributed by atoms with Crippen molar-refractivity contribution in [3.63, 3.8) is 0 Å². The molecule has 0 radical (unpaired) electrons. The quantitative estimate of drug-likeness (QED) is 0.862. The normalized spacial score (nSPS) is 11.2. The largest absolute Gasteiger partial charge is 0.481 e. The highest BCUT2D eigenvalue weighted by molar-refractivity contribution is 5.91. The Hall–Kier alpha value is -1.91. The second kappa shape index (κ2) is 5.82. The van der Waals surface area contributed by atoms with Gasteiger partial charge in [0.1, 0.15) is 5.82 Å². The van der Waals surface area contributed by atoms with Crippen LogP contribution in [0.4, 0.5) is 10.1 Å². The zero-order valence-electron chi connectivity index (χ0n) is 11.3. The summed E-state index contributed by atoms with van der Waals surface area (Å²) in [6.45, 7) is 5.17. The van der Waals surface area contributed by atoms with Gasteiger partial charge in [-0.2, -0.15) is 0 Å². The highest BCUT2D eigenvalue weighted by atomic mass is 19.1. The summed E-state index contributed by atoms with van der Waals surface area (Å²) in [6, 6.07) is 4.43. The SMILES string of the molecule is Cc1ccc(F)c(NC(=O)CC(C)(C)CC(=O)O)c1. The molecule has 5 heteroatoms. The van der Waals surface area contributed by atoms with E-state index >= 15 is 0 Å². The van der Waals surface area contributed by atoms with Crippen LogP contribution < -0.4 is 5.32 Å². The lowest BCUT2D eigenvalue weighted by molar-refractivity contribution is -0.139. The highest BCUT2D eigenvalue weighted by Crippen LogP contribution is 2.26. The molecule has 1 rings (SSSR count).